The van der Waals surface area contributed by atoms with Gasteiger partial charge in [0.2, 0.25) is 41.4 Å². The molecule has 3 aliphatic heterocycles. The number of hydrogen-bond acceptors (Lipinski definition) is 14. The van der Waals surface area contributed by atoms with Crippen LogP contribution >= 0.6 is 0 Å². The summed E-state index contributed by atoms with van der Waals surface area (Å²) in [6.45, 7) is 4.66. The maximum absolute atomic E-state index is 14.2. The highest BCUT2D eigenvalue weighted by molar-refractivity contribution is 6.03. The first kappa shape index (κ1) is 56.1. The average molecular weight is 972 g/mol. The number of aromatic hydroxyl groups is 1. The van der Waals surface area contributed by atoms with E-state index < -0.39 is 146 Å². The monoisotopic (exact) mass is 972 g/mol. The zero-order valence-corrected chi connectivity index (χ0v) is 40.2. The molecule has 3 aliphatic rings. The molecule has 0 aliphatic carbocycles. The van der Waals surface area contributed by atoms with Gasteiger partial charge in [0.1, 0.15) is 42.0 Å². The van der Waals surface area contributed by atoms with Gasteiger partial charge in [0, 0.05) is 50.3 Å². The number of unbranched alkanes of at least 4 members (excludes halogenated alkanes) is 7. The van der Waals surface area contributed by atoms with Crippen LogP contribution in [0.25, 0.3) is 0 Å². The van der Waals surface area contributed by atoms with Gasteiger partial charge in [-0.1, -0.05) is 78.6 Å². The number of aliphatic hydroxyl groups excluding tert-OH is 4. The number of nitrogens with zero attached hydrogens (tertiary/aromatic N) is 2. The summed E-state index contributed by atoms with van der Waals surface area (Å²) in [6.07, 6.45) is 3.81. The summed E-state index contributed by atoms with van der Waals surface area (Å²) >= 11 is 0. The van der Waals surface area contributed by atoms with E-state index in [1.165, 1.54) is 63.8 Å². The number of aliphatic hydroxyl groups is 4. The van der Waals surface area contributed by atoms with Crippen molar-refractivity contribution in [1.82, 2.24) is 36.4 Å². The van der Waals surface area contributed by atoms with Gasteiger partial charge in [-0.05, 0) is 43.5 Å². The van der Waals surface area contributed by atoms with Crippen molar-refractivity contribution in [3.05, 3.63) is 29.8 Å². The summed E-state index contributed by atoms with van der Waals surface area (Å²) in [5.74, 6) is -8.62. The number of carbonyl (C=O) groups excluding carboxylic acids is 9. The molecule has 21 nitrogen and oxygen atoms in total. The van der Waals surface area contributed by atoms with E-state index in [0.29, 0.717) is 6.42 Å². The Bertz CT molecular complexity index is 1970. The van der Waals surface area contributed by atoms with Crippen LogP contribution in [0, 0.1) is 11.8 Å². The van der Waals surface area contributed by atoms with Gasteiger partial charge in [-0.2, -0.15) is 0 Å². The normalized spacial score (nSPS) is 27.5. The smallest absolute Gasteiger partial charge is 0.248 e. The van der Waals surface area contributed by atoms with Crippen LogP contribution in [0.2, 0.25) is 0 Å². The summed E-state index contributed by atoms with van der Waals surface area (Å²) in [5, 5.41) is 64.8. The number of benzene rings is 1. The van der Waals surface area contributed by atoms with Crippen molar-refractivity contribution in [2.24, 2.45) is 11.8 Å². The molecule has 0 bridgehead atoms. The maximum atomic E-state index is 14.2. The number of amides is 7. The highest BCUT2D eigenvalue weighted by atomic mass is 16.3. The van der Waals surface area contributed by atoms with Crippen LogP contribution in [0.3, 0.4) is 0 Å². The minimum Gasteiger partial charge on any atom is -0.508 e. The number of nitrogens with one attached hydrogen (secondary N) is 5. The fourth-order valence-electron chi connectivity index (χ4n) is 8.87. The van der Waals surface area contributed by atoms with Gasteiger partial charge in [-0.25, -0.2) is 0 Å². The van der Waals surface area contributed by atoms with E-state index in [2.05, 4.69) is 40.4 Å². The van der Waals surface area contributed by atoms with Crippen molar-refractivity contribution >= 4 is 52.9 Å². The molecular weight excluding hydrogens is 899 g/mol. The molecule has 0 aromatic heterocycles. The summed E-state index contributed by atoms with van der Waals surface area (Å²) < 4.78 is 0. The second kappa shape index (κ2) is 27.0. The van der Waals surface area contributed by atoms with E-state index in [-0.39, 0.29) is 30.7 Å². The Morgan fingerprint density at radius 1 is 0.783 bits per heavy atom. The lowest BCUT2D eigenvalue weighted by atomic mass is 9.99. The van der Waals surface area contributed by atoms with Crippen molar-refractivity contribution in [2.75, 3.05) is 26.2 Å². The van der Waals surface area contributed by atoms with Crippen LogP contribution in [-0.4, -0.2) is 169 Å². The molecule has 10 N–H and O–H groups in total. The van der Waals surface area contributed by atoms with Gasteiger partial charge in [-0.3, -0.25) is 43.2 Å². The molecule has 0 saturated carbocycles. The molecule has 69 heavy (non-hydrogen) atoms. The molecular formula is C48H73N7O14. The number of ketones is 2. The third kappa shape index (κ3) is 16.3. The van der Waals surface area contributed by atoms with Gasteiger partial charge in [0.15, 0.2) is 11.6 Å². The number of phenolic OH excluding ortho intramolecular Hbond substituents is 1. The molecule has 21 heteroatoms. The quantitative estimate of drug-likeness (QED) is 0.0655. The molecule has 3 saturated heterocycles. The van der Waals surface area contributed by atoms with E-state index in [9.17, 15) is 68.7 Å². The molecule has 384 valence electrons. The van der Waals surface area contributed by atoms with Crippen LogP contribution in [0.5, 0.6) is 5.75 Å². The number of rotatable bonds is 18. The zero-order valence-electron chi connectivity index (χ0n) is 40.2. The molecule has 3 heterocycles. The van der Waals surface area contributed by atoms with Crippen molar-refractivity contribution in [3.63, 3.8) is 0 Å². The van der Waals surface area contributed by atoms with E-state index in [1.807, 2.05) is 0 Å². The highest BCUT2D eigenvalue weighted by Gasteiger charge is 2.48. The van der Waals surface area contributed by atoms with Gasteiger partial charge < -0.3 is 61.9 Å². The fourth-order valence-corrected chi connectivity index (χ4v) is 8.87. The van der Waals surface area contributed by atoms with E-state index in [0.717, 1.165) is 47.8 Å². The SMILES string of the molecule is CCC(C)CCCCCCCCCCC(=O)N[C@H]1CC(=O)CNC(=O)[C@@H]2[C@@H](O)[C@@H](C)CN2C(=O)[C@H](CO)NC(=O)[C@H](CC(=O)c2ccc(O)cc2)NC(=O)[C@@H]2C[C@@H](O)CN2C(=O)[C@H]([C@@H](C)O)NC1=O. The van der Waals surface area contributed by atoms with Gasteiger partial charge in [-0.15, -0.1) is 0 Å². The highest BCUT2D eigenvalue weighted by Crippen LogP contribution is 2.26. The van der Waals surface area contributed by atoms with Gasteiger partial charge >= 0.3 is 0 Å². The molecule has 1 aromatic rings. The summed E-state index contributed by atoms with van der Waals surface area (Å²) in [6, 6.07) is -5.25. The lowest BCUT2D eigenvalue weighted by Gasteiger charge is -2.31. The Labute approximate surface area is 402 Å². The first-order valence-corrected chi connectivity index (χ1v) is 24.3. The zero-order chi connectivity index (χ0) is 50.9. The number of carbonyl (C=O) groups is 9. The van der Waals surface area contributed by atoms with E-state index in [4.69, 9.17) is 0 Å². The second-order valence-corrected chi connectivity index (χ2v) is 19.0. The maximum Gasteiger partial charge on any atom is 0.248 e. The van der Waals surface area contributed by atoms with Crippen LogP contribution in [0.4, 0.5) is 0 Å². The number of phenols is 1. The predicted molar refractivity (Wildman–Crippen MR) is 249 cm³/mol. The van der Waals surface area contributed by atoms with Crippen LogP contribution < -0.4 is 26.6 Å². The molecule has 3 fully saturated rings. The molecule has 11 atom stereocenters. The average Bonchev–Trinajstić information content (AvgIpc) is 3.86. The molecule has 0 spiro atoms. The summed E-state index contributed by atoms with van der Waals surface area (Å²) in [7, 11) is 0. The predicted octanol–water partition coefficient (Wildman–Crippen LogP) is -0.517. The summed E-state index contributed by atoms with van der Waals surface area (Å²) in [5.41, 5.74) is 0.0151. The van der Waals surface area contributed by atoms with Crippen LogP contribution in [-0.2, 0) is 38.4 Å². The van der Waals surface area contributed by atoms with E-state index in [1.54, 1.807) is 0 Å². The molecule has 0 radical (unpaired) electrons. The second-order valence-electron chi connectivity index (χ2n) is 19.0. The Morgan fingerprint density at radius 2 is 1.41 bits per heavy atom. The molecule has 1 aromatic carbocycles. The van der Waals surface area contributed by atoms with Crippen LogP contribution in [0.15, 0.2) is 24.3 Å². The Balaban J connectivity index is 1.61. The lowest BCUT2D eigenvalue weighted by Crippen LogP contribution is -2.61. The topological polar surface area (TPSA) is 321 Å². The third-order valence-electron chi connectivity index (χ3n) is 13.3. The van der Waals surface area contributed by atoms with Crippen molar-refractivity contribution in [2.45, 2.75) is 172 Å². The summed E-state index contributed by atoms with van der Waals surface area (Å²) in [4.78, 5) is 126. The molecule has 4 rings (SSSR count). The third-order valence-corrected chi connectivity index (χ3v) is 13.3. The van der Waals surface area contributed by atoms with E-state index >= 15 is 0 Å². The lowest BCUT2D eigenvalue weighted by molar-refractivity contribution is -0.145. The Hall–Kier alpha value is -5.51. The standard InChI is InChI=1S/C48H73N7O14/c1-5-27(2)14-12-10-8-6-7-9-11-13-15-39(62)50-34-20-32(59)23-49-46(67)41-42(63)28(3)24-55(41)47(68)36(26-56)52-43(64)35(22-38(61)30-16-18-31(58)19-17-30)51-45(66)37-21-33(60)25-54(37)48(69)40(29(4)57)53-44(34)65/h16-19,27-29,33-37,40-42,56-58,60,63H,5-15,20-26H2,1-4H3,(H,49,67)(H,50,62)(H,51,66)(H,52,64)(H,53,65)/t27?,28-,29+,33+,34-,35-,36-,37-,40-,41-,42-/m0/s1. The molecule has 1 unspecified atom stereocenters. The van der Waals surface area contributed by atoms with Gasteiger partial charge in [0.25, 0.3) is 0 Å². The first-order valence-electron chi connectivity index (χ1n) is 24.3. The number of fused-ring (bicyclic) bond motifs is 2. The van der Waals surface area contributed by atoms with Crippen molar-refractivity contribution in [1.29, 1.82) is 0 Å². The van der Waals surface area contributed by atoms with Crippen LogP contribution in [0.1, 0.15) is 128 Å². The number of hydrogen-bond donors (Lipinski definition) is 10. The minimum absolute atomic E-state index is 0.000172. The first-order chi connectivity index (χ1) is 32.7. The fraction of sp³-hybridized carbons (Fsp3) is 0.688. The Kier molecular flexibility index (Phi) is 22.0. The minimum atomic E-state index is -1.81. The largest absolute Gasteiger partial charge is 0.508 e. The Morgan fingerprint density at radius 3 is 2.03 bits per heavy atom. The van der Waals surface area contributed by atoms with Crippen molar-refractivity contribution < 1.29 is 68.7 Å². The molecule has 7 amide bonds. The van der Waals surface area contributed by atoms with Crippen molar-refractivity contribution in [3.8, 4) is 5.75 Å². The number of Topliss-reactive ketones (excluding diaryl/α,β-unsaturated/α-hetero) is 2. The van der Waals surface area contributed by atoms with Gasteiger partial charge in [0.05, 0.1) is 31.5 Å².